The normalized spacial score (nSPS) is 11.9. The van der Waals surface area contributed by atoms with Crippen LogP contribution in [0.4, 0.5) is 13.2 Å². The lowest BCUT2D eigenvalue weighted by Crippen LogP contribution is -2.39. The van der Waals surface area contributed by atoms with Gasteiger partial charge in [0.1, 0.15) is 6.54 Å². The third-order valence-corrected chi connectivity index (χ3v) is 3.29. The lowest BCUT2D eigenvalue weighted by molar-refractivity contribution is -0.138. The number of hydrogen-bond donors (Lipinski definition) is 1. The van der Waals surface area contributed by atoms with Crippen LogP contribution in [0.3, 0.4) is 0 Å². The van der Waals surface area contributed by atoms with Crippen LogP contribution in [0.1, 0.15) is 10.4 Å². The molecular weight excluding hydrogens is 265 g/mol. The third kappa shape index (κ3) is 5.50. The summed E-state index contributed by atoms with van der Waals surface area (Å²) in [5.74, 6) is -0.621. The van der Waals surface area contributed by atoms with E-state index in [-0.39, 0.29) is 6.54 Å². The molecule has 0 radical (unpaired) electrons. The first-order valence-electron chi connectivity index (χ1n) is 5.33. The summed E-state index contributed by atoms with van der Waals surface area (Å²) in [6.45, 7) is 1.19. The minimum absolute atomic E-state index is 0.0482. The van der Waals surface area contributed by atoms with Gasteiger partial charge in [-0.3, -0.25) is 9.69 Å². The number of rotatable bonds is 5. The van der Waals surface area contributed by atoms with Gasteiger partial charge in [0, 0.05) is 11.4 Å². The molecule has 0 aliphatic rings. The van der Waals surface area contributed by atoms with Crippen LogP contribution in [-0.4, -0.2) is 37.1 Å². The summed E-state index contributed by atoms with van der Waals surface area (Å²) in [6, 6.07) is 1.97. The first kappa shape index (κ1) is 15.0. The van der Waals surface area contributed by atoms with Gasteiger partial charge in [0.2, 0.25) is 5.91 Å². The summed E-state index contributed by atoms with van der Waals surface area (Å²) >= 11 is 1.57. The van der Waals surface area contributed by atoms with Crippen molar-refractivity contribution in [3.8, 4) is 0 Å². The predicted molar refractivity (Wildman–Crippen MR) is 64.5 cm³/mol. The van der Waals surface area contributed by atoms with E-state index >= 15 is 0 Å². The quantitative estimate of drug-likeness (QED) is 0.896. The van der Waals surface area contributed by atoms with Crippen molar-refractivity contribution in [1.29, 1.82) is 0 Å². The van der Waals surface area contributed by atoms with Crippen molar-refractivity contribution < 1.29 is 18.0 Å². The second kappa shape index (κ2) is 6.19. The number of alkyl halides is 3. The number of halogens is 3. The Bertz CT molecular complexity index is 403. The van der Waals surface area contributed by atoms with E-state index in [1.165, 1.54) is 0 Å². The number of hydrogen-bond acceptors (Lipinski definition) is 3. The minimum atomic E-state index is -4.36. The SMILES string of the molecule is Cc1ccsc1CN(C)CC(=O)NCC(F)(F)F. The highest BCUT2D eigenvalue weighted by Crippen LogP contribution is 2.17. The molecule has 18 heavy (non-hydrogen) atoms. The van der Waals surface area contributed by atoms with Gasteiger partial charge in [-0.05, 0) is 31.0 Å². The molecule has 1 aromatic rings. The number of nitrogens with zero attached hydrogens (tertiary/aromatic N) is 1. The average Bonchev–Trinajstić information content (AvgIpc) is 2.60. The summed E-state index contributed by atoms with van der Waals surface area (Å²) in [5, 5.41) is 3.79. The van der Waals surface area contributed by atoms with Crippen molar-refractivity contribution in [3.63, 3.8) is 0 Å². The van der Waals surface area contributed by atoms with E-state index < -0.39 is 18.6 Å². The molecule has 0 saturated heterocycles. The number of carbonyl (C=O) groups is 1. The number of thiophene rings is 1. The van der Waals surface area contributed by atoms with Gasteiger partial charge in [0.25, 0.3) is 0 Å². The predicted octanol–water partition coefficient (Wildman–Crippen LogP) is 2.17. The summed E-state index contributed by atoms with van der Waals surface area (Å²) < 4.78 is 35.7. The molecule has 0 atom stereocenters. The van der Waals surface area contributed by atoms with Crippen LogP contribution in [0.5, 0.6) is 0 Å². The molecule has 0 saturated carbocycles. The zero-order chi connectivity index (χ0) is 13.8. The van der Waals surface area contributed by atoms with E-state index in [9.17, 15) is 18.0 Å². The highest BCUT2D eigenvalue weighted by Gasteiger charge is 2.27. The molecule has 1 N–H and O–H groups in total. The van der Waals surface area contributed by atoms with Gasteiger partial charge in [-0.1, -0.05) is 0 Å². The van der Waals surface area contributed by atoms with Crippen molar-refractivity contribution in [1.82, 2.24) is 10.2 Å². The average molecular weight is 280 g/mol. The van der Waals surface area contributed by atoms with Crippen molar-refractivity contribution in [2.24, 2.45) is 0 Å². The molecule has 0 spiro atoms. The maximum atomic E-state index is 11.9. The van der Waals surface area contributed by atoms with Gasteiger partial charge in [-0.25, -0.2) is 0 Å². The Morgan fingerprint density at radius 3 is 2.67 bits per heavy atom. The van der Waals surface area contributed by atoms with Crippen LogP contribution in [0.25, 0.3) is 0 Å². The summed E-state index contributed by atoms with van der Waals surface area (Å²) in [7, 11) is 1.70. The van der Waals surface area contributed by atoms with Crippen LogP contribution in [-0.2, 0) is 11.3 Å². The van der Waals surface area contributed by atoms with E-state index in [4.69, 9.17) is 0 Å². The number of aryl methyl sites for hydroxylation is 1. The zero-order valence-corrected chi connectivity index (χ0v) is 11.0. The summed E-state index contributed by atoms with van der Waals surface area (Å²) in [4.78, 5) is 14.1. The molecule has 7 heteroatoms. The smallest absolute Gasteiger partial charge is 0.346 e. The molecule has 0 fully saturated rings. The first-order valence-corrected chi connectivity index (χ1v) is 6.21. The molecule has 1 amide bonds. The molecule has 1 rings (SSSR count). The highest BCUT2D eigenvalue weighted by molar-refractivity contribution is 7.10. The lowest BCUT2D eigenvalue weighted by atomic mass is 10.3. The van der Waals surface area contributed by atoms with Crippen LogP contribution in [0.2, 0.25) is 0 Å². The topological polar surface area (TPSA) is 32.3 Å². The highest BCUT2D eigenvalue weighted by atomic mass is 32.1. The Morgan fingerprint density at radius 2 is 2.17 bits per heavy atom. The molecule has 0 bridgehead atoms. The Morgan fingerprint density at radius 1 is 1.50 bits per heavy atom. The van der Waals surface area contributed by atoms with Crippen molar-refractivity contribution in [3.05, 3.63) is 21.9 Å². The third-order valence-electron chi connectivity index (χ3n) is 2.28. The maximum absolute atomic E-state index is 11.9. The van der Waals surface area contributed by atoms with Crippen molar-refractivity contribution in [2.75, 3.05) is 20.1 Å². The molecule has 3 nitrogen and oxygen atoms in total. The second-order valence-corrected chi connectivity index (χ2v) is 5.09. The number of likely N-dealkylation sites (N-methyl/N-ethyl adjacent to an activating group) is 1. The monoisotopic (exact) mass is 280 g/mol. The lowest BCUT2D eigenvalue weighted by Gasteiger charge is -2.16. The molecule has 1 aromatic heterocycles. The van der Waals surface area contributed by atoms with Gasteiger partial charge in [0.05, 0.1) is 6.54 Å². The molecule has 0 aliphatic carbocycles. The molecule has 0 aromatic carbocycles. The Kier molecular flexibility index (Phi) is 5.15. The fraction of sp³-hybridized carbons (Fsp3) is 0.545. The van der Waals surface area contributed by atoms with Crippen LogP contribution < -0.4 is 5.32 Å². The zero-order valence-electron chi connectivity index (χ0n) is 10.2. The van der Waals surface area contributed by atoms with Gasteiger partial charge < -0.3 is 5.32 Å². The fourth-order valence-corrected chi connectivity index (χ4v) is 2.35. The molecule has 0 aliphatic heterocycles. The standard InChI is InChI=1S/C11H15F3N2OS/c1-8-3-4-18-9(8)5-16(2)6-10(17)15-7-11(12,13)14/h3-4H,5-7H2,1-2H3,(H,15,17). The Labute approximate surface area is 108 Å². The molecular formula is C11H15F3N2OS. The van der Waals surface area contributed by atoms with Gasteiger partial charge >= 0.3 is 6.18 Å². The van der Waals surface area contributed by atoms with Crippen LogP contribution in [0.15, 0.2) is 11.4 Å². The fourth-order valence-electron chi connectivity index (χ4n) is 1.37. The summed E-state index contributed by atoms with van der Waals surface area (Å²) in [6.07, 6.45) is -4.36. The second-order valence-electron chi connectivity index (χ2n) is 4.09. The maximum Gasteiger partial charge on any atom is 0.405 e. The van der Waals surface area contributed by atoms with Gasteiger partial charge in [0.15, 0.2) is 0 Å². The van der Waals surface area contributed by atoms with Gasteiger partial charge in [-0.2, -0.15) is 13.2 Å². The Balaban J connectivity index is 2.34. The molecule has 102 valence electrons. The largest absolute Gasteiger partial charge is 0.405 e. The van der Waals surface area contributed by atoms with Crippen molar-refractivity contribution >= 4 is 17.2 Å². The van der Waals surface area contributed by atoms with Crippen molar-refractivity contribution in [2.45, 2.75) is 19.6 Å². The minimum Gasteiger partial charge on any atom is -0.346 e. The van der Waals surface area contributed by atoms with Crippen LogP contribution >= 0.6 is 11.3 Å². The van der Waals surface area contributed by atoms with Gasteiger partial charge in [-0.15, -0.1) is 11.3 Å². The molecule has 1 heterocycles. The van der Waals surface area contributed by atoms with E-state index in [0.717, 1.165) is 10.4 Å². The number of carbonyl (C=O) groups excluding carboxylic acids is 1. The number of nitrogens with one attached hydrogen (secondary N) is 1. The van der Waals surface area contributed by atoms with E-state index in [1.807, 2.05) is 23.7 Å². The van der Waals surface area contributed by atoms with E-state index in [0.29, 0.717) is 6.54 Å². The molecule has 0 unspecified atom stereocenters. The van der Waals surface area contributed by atoms with E-state index in [2.05, 4.69) is 0 Å². The summed E-state index contributed by atoms with van der Waals surface area (Å²) in [5.41, 5.74) is 1.13. The van der Waals surface area contributed by atoms with E-state index in [1.54, 1.807) is 23.3 Å². The Hall–Kier alpha value is -1.08. The first-order chi connectivity index (χ1) is 8.28. The number of amides is 1. The van der Waals surface area contributed by atoms with Crippen LogP contribution in [0, 0.1) is 6.92 Å².